The van der Waals surface area contributed by atoms with Crippen molar-refractivity contribution in [3.8, 4) is 0 Å². The molecule has 0 aromatic rings. The molecule has 1 heterocycles. The molecule has 0 fully saturated rings. The van der Waals surface area contributed by atoms with Crippen molar-refractivity contribution in [3.63, 3.8) is 0 Å². The predicted molar refractivity (Wildman–Crippen MR) is 44.3 cm³/mol. The first-order valence-corrected chi connectivity index (χ1v) is 9.28. The van der Waals surface area contributed by atoms with Gasteiger partial charge in [-0.15, -0.1) is 0 Å². The zero-order valence-corrected chi connectivity index (χ0v) is 10.9. The topological polar surface area (TPSA) is 74.6 Å². The van der Waals surface area contributed by atoms with E-state index in [0.717, 1.165) is 0 Å². The maximum absolute atomic E-state index is 8.74. The van der Waals surface area contributed by atoms with E-state index in [1.54, 1.807) is 0 Å². The van der Waals surface area contributed by atoms with Crippen LogP contribution in [0.5, 0.6) is 0 Å². The molecule has 0 aromatic heterocycles. The van der Waals surface area contributed by atoms with Gasteiger partial charge in [0.05, 0.1) is 0 Å². The van der Waals surface area contributed by atoms with E-state index in [1.807, 2.05) is 0 Å². The SMILES string of the molecule is C1=C[CH]=[Tl][CH]=C1.O=S(=O)(O)O. The molecule has 4 nitrogen and oxygen atoms in total. The van der Waals surface area contributed by atoms with E-state index in [4.69, 9.17) is 17.5 Å². The van der Waals surface area contributed by atoms with Crippen LogP contribution in [0.25, 0.3) is 0 Å². The smallest absolute Gasteiger partial charge is 0.264 e. The van der Waals surface area contributed by atoms with Crippen LogP contribution in [0.3, 0.4) is 0 Å². The maximum Gasteiger partial charge on any atom is 0.394 e. The van der Waals surface area contributed by atoms with Crippen molar-refractivity contribution in [2.24, 2.45) is 0 Å². The largest absolute Gasteiger partial charge is 0.394 e. The summed E-state index contributed by atoms with van der Waals surface area (Å²) in [5.41, 5.74) is 0. The fourth-order valence-corrected chi connectivity index (χ4v) is 2.88. The number of hydrogen-bond donors (Lipinski definition) is 2. The standard InChI is InChI=1S/C5H5.H2O4S.Tl/c1-3-5-4-2;1-5(2,3)4;/h1-5H;(H2,1,2,3,4);. The summed E-state index contributed by atoms with van der Waals surface area (Å²) in [4.78, 5) is 0. The van der Waals surface area contributed by atoms with E-state index in [0.29, 0.717) is 0 Å². The molecule has 0 aliphatic carbocycles. The predicted octanol–water partition coefficient (Wildman–Crippen LogP) is -0.0765. The van der Waals surface area contributed by atoms with Gasteiger partial charge < -0.3 is 0 Å². The first-order chi connectivity index (χ1) is 5.00. The van der Waals surface area contributed by atoms with Gasteiger partial charge >= 0.3 is 59.6 Å². The van der Waals surface area contributed by atoms with Crippen LogP contribution in [0.1, 0.15) is 0 Å². The fourth-order valence-electron chi connectivity index (χ4n) is 0.385. The first kappa shape index (κ1) is 11.1. The summed E-state index contributed by atoms with van der Waals surface area (Å²) in [5, 5.41) is 0. The quantitative estimate of drug-likeness (QED) is 0.464. The molecule has 0 amide bonds. The second-order valence-electron chi connectivity index (χ2n) is 1.60. The molecular weight excluding hydrogens is 361 g/mol. The number of rotatable bonds is 0. The average Bonchev–Trinajstić information content (AvgIpc) is 1.88. The van der Waals surface area contributed by atoms with Crippen LogP contribution < -0.4 is 0 Å². The molecule has 0 unspecified atom stereocenters. The molecule has 0 bridgehead atoms. The second kappa shape index (κ2) is 5.75. The zero-order chi connectivity index (χ0) is 8.74. The molecule has 0 radical (unpaired) electrons. The van der Waals surface area contributed by atoms with Gasteiger partial charge in [0.1, 0.15) is 0 Å². The van der Waals surface area contributed by atoms with Crippen molar-refractivity contribution in [3.05, 3.63) is 21.9 Å². The third kappa shape index (κ3) is 17.8. The molecule has 1 aliphatic heterocycles. The molecule has 1 rings (SSSR count). The molecule has 2 N–H and O–H groups in total. The molecule has 11 heavy (non-hydrogen) atoms. The molecule has 0 spiro atoms. The van der Waals surface area contributed by atoms with Crippen LogP contribution in [-0.2, 0) is 10.4 Å². The Morgan fingerprint density at radius 1 is 1.09 bits per heavy atom. The van der Waals surface area contributed by atoms with Gasteiger partial charge in [-0.05, 0) is 0 Å². The number of allylic oxidation sites excluding steroid dienone is 3. The van der Waals surface area contributed by atoms with E-state index in [1.165, 1.54) is 0 Å². The monoisotopic (exact) mass is 368 g/mol. The minimum atomic E-state index is -4.67. The molecular formula is C5H7O4STl. The van der Waals surface area contributed by atoms with Gasteiger partial charge in [-0.1, -0.05) is 0 Å². The summed E-state index contributed by atoms with van der Waals surface area (Å²) in [6, 6.07) is 0. The third-order valence-electron chi connectivity index (χ3n) is 0.667. The normalized spacial score (nSPS) is 13.3. The van der Waals surface area contributed by atoms with Gasteiger partial charge in [0, 0.05) is 0 Å². The van der Waals surface area contributed by atoms with Gasteiger partial charge in [-0.25, -0.2) is 0 Å². The molecule has 0 aromatic carbocycles. The van der Waals surface area contributed by atoms with Crippen LogP contribution in [-0.4, -0.2) is 44.8 Å². The Balaban J connectivity index is 0.000000187. The zero-order valence-electron chi connectivity index (χ0n) is 5.58. The van der Waals surface area contributed by atoms with Gasteiger partial charge in [-0.2, -0.15) is 8.42 Å². The minimum absolute atomic E-state index is 0.380. The molecule has 0 atom stereocenters. The van der Waals surface area contributed by atoms with Crippen molar-refractivity contribution < 1.29 is 17.5 Å². The van der Waals surface area contributed by atoms with Gasteiger partial charge in [0.2, 0.25) is 0 Å². The molecule has 1 aliphatic rings. The Morgan fingerprint density at radius 3 is 1.73 bits per heavy atom. The number of hydrogen-bond acceptors (Lipinski definition) is 2. The van der Waals surface area contributed by atoms with Crippen molar-refractivity contribution in [1.82, 2.24) is 0 Å². The Labute approximate surface area is 76.9 Å². The molecule has 0 saturated carbocycles. The Hall–Kier alpha value is 0.142. The van der Waals surface area contributed by atoms with E-state index in [9.17, 15) is 0 Å². The first-order valence-electron chi connectivity index (χ1n) is 2.70. The van der Waals surface area contributed by atoms with Crippen molar-refractivity contribution in [1.29, 1.82) is 0 Å². The summed E-state index contributed by atoms with van der Waals surface area (Å²) < 4.78 is 36.2. The van der Waals surface area contributed by atoms with Gasteiger partial charge in [0.15, 0.2) is 0 Å². The van der Waals surface area contributed by atoms with Gasteiger partial charge in [-0.3, -0.25) is 9.11 Å². The van der Waals surface area contributed by atoms with Crippen molar-refractivity contribution in [2.75, 3.05) is 0 Å². The van der Waals surface area contributed by atoms with Crippen LogP contribution in [0.2, 0.25) is 0 Å². The van der Waals surface area contributed by atoms with E-state index in [2.05, 4.69) is 25.4 Å². The average molecular weight is 368 g/mol. The van der Waals surface area contributed by atoms with Crippen LogP contribution in [0.15, 0.2) is 21.9 Å². The Kier molecular flexibility index (Phi) is 5.82. The van der Waals surface area contributed by atoms with Gasteiger partial charge in [0.25, 0.3) is 0 Å². The van der Waals surface area contributed by atoms with Crippen molar-refractivity contribution >= 4 is 37.7 Å². The molecule has 0 saturated heterocycles. The van der Waals surface area contributed by atoms with E-state index >= 15 is 0 Å². The van der Waals surface area contributed by atoms with E-state index < -0.39 is 10.4 Å². The third-order valence-corrected chi connectivity index (χ3v) is 4.12. The molecule has 6 heteroatoms. The van der Waals surface area contributed by atoms with Crippen LogP contribution in [0, 0.1) is 0 Å². The van der Waals surface area contributed by atoms with Crippen LogP contribution in [0.4, 0.5) is 0 Å². The van der Waals surface area contributed by atoms with Crippen molar-refractivity contribution in [2.45, 2.75) is 0 Å². The summed E-state index contributed by atoms with van der Waals surface area (Å²) in [7, 11) is -4.67. The van der Waals surface area contributed by atoms with Crippen LogP contribution >= 0.6 is 0 Å². The fraction of sp³-hybridized carbons (Fsp3) is 0. The minimum Gasteiger partial charge on any atom is -0.264 e. The summed E-state index contributed by atoms with van der Waals surface area (Å²) in [5.74, 6) is 0. The second-order valence-corrected chi connectivity index (χ2v) is 6.99. The summed E-state index contributed by atoms with van der Waals surface area (Å²) in [6.07, 6.45) is 6.38. The summed E-state index contributed by atoms with van der Waals surface area (Å²) >= 11 is -0.380. The summed E-state index contributed by atoms with van der Waals surface area (Å²) in [6.45, 7) is 0. The molecule has 60 valence electrons. The Bertz CT molecular complexity index is 231. The van der Waals surface area contributed by atoms with E-state index in [-0.39, 0.29) is 23.7 Å². The Morgan fingerprint density at radius 2 is 1.64 bits per heavy atom. The maximum atomic E-state index is 8.74.